The second-order valence-corrected chi connectivity index (χ2v) is 14.0. The van der Waals surface area contributed by atoms with Crippen molar-refractivity contribution in [2.45, 2.75) is 65.3 Å². The molecule has 57 heavy (non-hydrogen) atoms. The first-order valence-electron chi connectivity index (χ1n) is 18.3. The fraction of sp³-hybridized carbons (Fsp3) is 0.239. The molecule has 5 unspecified atom stereocenters. The van der Waals surface area contributed by atoms with Gasteiger partial charge in [0.05, 0.1) is 27.8 Å². The van der Waals surface area contributed by atoms with Gasteiger partial charge >= 0.3 is 29.8 Å². The molecule has 0 saturated carbocycles. The van der Waals surface area contributed by atoms with Crippen molar-refractivity contribution in [3.8, 4) is 0 Å². The molecule has 1 heterocycles. The summed E-state index contributed by atoms with van der Waals surface area (Å²) >= 11 is 0. The van der Waals surface area contributed by atoms with Gasteiger partial charge < -0.3 is 28.4 Å². The van der Waals surface area contributed by atoms with Gasteiger partial charge in [0, 0.05) is 0 Å². The average Bonchev–Trinajstić information content (AvgIpc) is 3.20. The van der Waals surface area contributed by atoms with Crippen molar-refractivity contribution >= 4 is 29.8 Å². The van der Waals surface area contributed by atoms with E-state index in [1.165, 1.54) is 0 Å². The van der Waals surface area contributed by atoms with Crippen molar-refractivity contribution in [3.05, 3.63) is 177 Å². The van der Waals surface area contributed by atoms with Gasteiger partial charge in [-0.15, -0.1) is 0 Å². The van der Waals surface area contributed by atoms with E-state index in [4.69, 9.17) is 28.4 Å². The lowest BCUT2D eigenvalue weighted by Gasteiger charge is -2.43. The van der Waals surface area contributed by atoms with Gasteiger partial charge in [-0.1, -0.05) is 88.5 Å². The van der Waals surface area contributed by atoms with Crippen LogP contribution in [0.4, 0.5) is 0 Å². The molecule has 0 radical (unpaired) electrons. The minimum Gasteiger partial charge on any atom is -0.459 e. The van der Waals surface area contributed by atoms with E-state index < -0.39 is 67.2 Å². The summed E-state index contributed by atoms with van der Waals surface area (Å²) in [5.41, 5.74) is 5.27. The van der Waals surface area contributed by atoms with Crippen LogP contribution in [0.5, 0.6) is 0 Å². The average molecular weight is 771 g/mol. The first-order valence-corrected chi connectivity index (χ1v) is 18.3. The predicted octanol–water partition coefficient (Wildman–Crippen LogP) is 7.64. The van der Waals surface area contributed by atoms with Crippen LogP contribution in [0.1, 0.15) is 79.6 Å². The normalized spacial score (nSPS) is 18.8. The molecule has 11 heteroatoms. The van der Waals surface area contributed by atoms with Gasteiger partial charge in [-0.05, 0) is 95.3 Å². The molecular formula is C46H42O11. The molecule has 1 aliphatic heterocycles. The van der Waals surface area contributed by atoms with Gasteiger partial charge in [-0.2, -0.15) is 0 Å². The maximum absolute atomic E-state index is 13.9. The monoisotopic (exact) mass is 770 g/mol. The van der Waals surface area contributed by atoms with Crippen molar-refractivity contribution in [2.24, 2.45) is 0 Å². The minimum absolute atomic E-state index is 0.134. The molecule has 1 fully saturated rings. The van der Waals surface area contributed by atoms with Crippen molar-refractivity contribution in [2.75, 3.05) is 6.61 Å². The lowest BCUT2D eigenvalue weighted by atomic mass is 9.97. The number of esters is 5. The third-order valence-electron chi connectivity index (χ3n) is 9.36. The largest absolute Gasteiger partial charge is 0.459 e. The van der Waals surface area contributed by atoms with Crippen LogP contribution in [0.2, 0.25) is 0 Å². The number of carbonyl (C=O) groups is 5. The van der Waals surface area contributed by atoms with Crippen LogP contribution in [-0.4, -0.2) is 67.2 Å². The Morgan fingerprint density at radius 2 is 0.667 bits per heavy atom. The van der Waals surface area contributed by atoms with E-state index in [0.717, 1.165) is 27.8 Å². The summed E-state index contributed by atoms with van der Waals surface area (Å²) in [6.07, 6.45) is -8.14. The molecule has 0 aromatic heterocycles. The maximum atomic E-state index is 13.9. The van der Waals surface area contributed by atoms with Crippen LogP contribution in [0.3, 0.4) is 0 Å². The third-order valence-corrected chi connectivity index (χ3v) is 9.36. The number of aryl methyl sites for hydroxylation is 5. The molecule has 0 aliphatic carbocycles. The first-order chi connectivity index (χ1) is 27.3. The van der Waals surface area contributed by atoms with Crippen LogP contribution in [0.15, 0.2) is 121 Å². The van der Waals surface area contributed by atoms with E-state index in [9.17, 15) is 24.0 Å². The Morgan fingerprint density at radius 3 is 1.02 bits per heavy atom. The zero-order valence-corrected chi connectivity index (χ0v) is 32.1. The number of benzene rings is 5. The molecule has 5 aromatic carbocycles. The smallest absolute Gasteiger partial charge is 0.340 e. The second-order valence-electron chi connectivity index (χ2n) is 14.0. The fourth-order valence-corrected chi connectivity index (χ4v) is 5.95. The van der Waals surface area contributed by atoms with Gasteiger partial charge in [-0.25, -0.2) is 24.0 Å². The van der Waals surface area contributed by atoms with Crippen LogP contribution in [-0.2, 0) is 28.4 Å². The van der Waals surface area contributed by atoms with Crippen molar-refractivity contribution in [3.63, 3.8) is 0 Å². The third kappa shape index (κ3) is 10.2. The zero-order valence-electron chi connectivity index (χ0n) is 32.1. The molecule has 292 valence electrons. The Morgan fingerprint density at radius 1 is 0.386 bits per heavy atom. The Labute approximate surface area is 330 Å². The van der Waals surface area contributed by atoms with Crippen molar-refractivity contribution in [1.29, 1.82) is 0 Å². The Bertz CT molecular complexity index is 2210. The first kappa shape index (κ1) is 40.1. The highest BCUT2D eigenvalue weighted by Crippen LogP contribution is 2.32. The lowest BCUT2D eigenvalue weighted by molar-refractivity contribution is -0.282. The number of ether oxygens (including phenoxy) is 6. The molecule has 5 atom stereocenters. The molecule has 11 nitrogen and oxygen atoms in total. The van der Waals surface area contributed by atoms with E-state index in [1.54, 1.807) is 121 Å². The summed E-state index contributed by atoms with van der Waals surface area (Å²) < 4.78 is 36.1. The number of hydrogen-bond donors (Lipinski definition) is 0. The van der Waals surface area contributed by atoms with Gasteiger partial charge in [0.15, 0.2) is 12.2 Å². The van der Waals surface area contributed by atoms with Gasteiger partial charge in [0.2, 0.25) is 12.4 Å². The summed E-state index contributed by atoms with van der Waals surface area (Å²) in [6, 6.07) is 32.8. The predicted molar refractivity (Wildman–Crippen MR) is 208 cm³/mol. The van der Waals surface area contributed by atoms with Crippen LogP contribution < -0.4 is 0 Å². The Hall–Kier alpha value is -6.59. The lowest BCUT2D eigenvalue weighted by Crippen LogP contribution is -2.63. The van der Waals surface area contributed by atoms with E-state index in [1.807, 2.05) is 34.6 Å². The maximum Gasteiger partial charge on any atom is 0.340 e. The van der Waals surface area contributed by atoms with Gasteiger partial charge in [0.1, 0.15) is 12.7 Å². The molecule has 0 N–H and O–H groups in total. The SMILES string of the molecule is Cc1ccc(C(=O)OCC2OC(OC(=O)c3ccc(C)cc3)C(OC(=O)c3ccc(C)cc3)C(OC(=O)c3ccc(C)cc3)C2OC(=O)c2ccc(C)cc2)cc1. The number of hydrogen-bond acceptors (Lipinski definition) is 11. The van der Waals surface area contributed by atoms with Crippen LogP contribution >= 0.6 is 0 Å². The molecule has 6 rings (SSSR count). The van der Waals surface area contributed by atoms with Crippen molar-refractivity contribution < 1.29 is 52.4 Å². The second kappa shape index (κ2) is 17.9. The quantitative estimate of drug-likeness (QED) is 0.0967. The van der Waals surface area contributed by atoms with E-state index >= 15 is 0 Å². The highest BCUT2D eigenvalue weighted by atomic mass is 16.7. The van der Waals surface area contributed by atoms with E-state index in [0.29, 0.717) is 0 Å². The van der Waals surface area contributed by atoms with E-state index in [2.05, 4.69) is 0 Å². The zero-order chi connectivity index (χ0) is 40.6. The fourth-order valence-electron chi connectivity index (χ4n) is 5.95. The van der Waals surface area contributed by atoms with Gasteiger partial charge in [-0.3, -0.25) is 0 Å². The highest BCUT2D eigenvalue weighted by Gasteiger charge is 2.54. The molecule has 1 saturated heterocycles. The van der Waals surface area contributed by atoms with Gasteiger partial charge in [0.25, 0.3) is 0 Å². The van der Waals surface area contributed by atoms with Crippen LogP contribution in [0, 0.1) is 34.6 Å². The highest BCUT2D eigenvalue weighted by molar-refractivity contribution is 5.92. The molecule has 0 amide bonds. The summed E-state index contributed by atoms with van der Waals surface area (Å²) in [4.78, 5) is 68.6. The number of rotatable bonds is 11. The summed E-state index contributed by atoms with van der Waals surface area (Å²) in [7, 11) is 0. The molecule has 0 bridgehead atoms. The van der Waals surface area contributed by atoms with E-state index in [-0.39, 0.29) is 27.8 Å². The van der Waals surface area contributed by atoms with Crippen LogP contribution in [0.25, 0.3) is 0 Å². The standard InChI is InChI=1S/C46H42O11/c1-27-6-16-32(17-7-27)41(47)52-26-37-38(54-42(48)33-18-8-28(2)9-19-33)39(55-43(49)34-20-10-29(3)11-21-34)40(56-44(50)35-22-12-30(4)13-23-35)46(53-37)57-45(51)36-24-14-31(5)15-25-36/h6-25,37-40,46H,26H2,1-5H3. The minimum atomic E-state index is -1.76. The Kier molecular flexibility index (Phi) is 12.6. The summed E-state index contributed by atoms with van der Waals surface area (Å²) in [5, 5.41) is 0. The molecule has 5 aromatic rings. The summed E-state index contributed by atoms with van der Waals surface area (Å²) in [5.74, 6) is -4.16. The topological polar surface area (TPSA) is 141 Å². The van der Waals surface area contributed by atoms with Crippen molar-refractivity contribution in [1.82, 2.24) is 0 Å². The Balaban J connectivity index is 1.43. The number of carbonyl (C=O) groups excluding carboxylic acids is 5. The molecule has 1 aliphatic rings. The molecule has 0 spiro atoms. The summed E-state index contributed by atoms with van der Waals surface area (Å²) in [6.45, 7) is 8.72. The molecular weight excluding hydrogens is 728 g/mol.